The van der Waals surface area contributed by atoms with E-state index in [1.165, 1.54) is 11.8 Å². The number of hydrogen-bond acceptors (Lipinski definition) is 7. The molecular weight excluding hydrogens is 350 g/mol. The number of aromatic nitrogens is 4. The van der Waals surface area contributed by atoms with Crippen LogP contribution in [0.2, 0.25) is 0 Å². The van der Waals surface area contributed by atoms with Crippen LogP contribution in [-0.2, 0) is 14.6 Å². The van der Waals surface area contributed by atoms with Gasteiger partial charge in [0, 0.05) is 12.6 Å². The molecule has 0 saturated carbocycles. The van der Waals surface area contributed by atoms with Gasteiger partial charge in [0.15, 0.2) is 9.84 Å². The molecule has 1 saturated heterocycles. The van der Waals surface area contributed by atoms with E-state index in [0.29, 0.717) is 18.1 Å². The summed E-state index contributed by atoms with van der Waals surface area (Å²) in [5.41, 5.74) is 0. The first-order valence-electron chi connectivity index (χ1n) is 8.24. The minimum Gasteiger partial charge on any atom is -0.338 e. The fourth-order valence-corrected chi connectivity index (χ4v) is 5.30. The van der Waals surface area contributed by atoms with Gasteiger partial charge in [-0.3, -0.25) is 4.79 Å². The predicted molar refractivity (Wildman–Crippen MR) is 92.6 cm³/mol. The summed E-state index contributed by atoms with van der Waals surface area (Å²) in [5.74, 6) is 0.421. The molecule has 1 atom stereocenters. The van der Waals surface area contributed by atoms with E-state index < -0.39 is 9.84 Å². The van der Waals surface area contributed by atoms with Gasteiger partial charge in [0.25, 0.3) is 0 Å². The summed E-state index contributed by atoms with van der Waals surface area (Å²) in [6.45, 7) is 6.60. The summed E-state index contributed by atoms with van der Waals surface area (Å²) in [6, 6.07) is -0.0792. The van der Waals surface area contributed by atoms with E-state index in [2.05, 4.69) is 22.4 Å². The lowest BCUT2D eigenvalue weighted by Gasteiger charge is -2.28. The molecular formula is C14H25N5O3S2. The monoisotopic (exact) mass is 375 g/mol. The summed E-state index contributed by atoms with van der Waals surface area (Å²) < 4.78 is 25.1. The summed E-state index contributed by atoms with van der Waals surface area (Å²) in [5, 5.41) is 12.1. The van der Waals surface area contributed by atoms with E-state index in [-0.39, 0.29) is 35.2 Å². The molecule has 136 valence electrons. The Kier molecular flexibility index (Phi) is 6.62. The van der Waals surface area contributed by atoms with Crippen molar-refractivity contribution < 1.29 is 13.2 Å². The summed E-state index contributed by atoms with van der Waals surface area (Å²) in [7, 11) is -3.01. The molecule has 0 radical (unpaired) electrons. The van der Waals surface area contributed by atoms with E-state index in [4.69, 9.17) is 0 Å². The lowest BCUT2D eigenvalue weighted by Crippen LogP contribution is -2.42. The zero-order chi connectivity index (χ0) is 17.7. The first-order valence-corrected chi connectivity index (χ1v) is 11.0. The molecule has 24 heavy (non-hydrogen) atoms. The maximum Gasteiger partial charge on any atom is 0.233 e. The number of carbonyl (C=O) groups is 1. The van der Waals surface area contributed by atoms with Gasteiger partial charge in [-0.25, -0.2) is 13.1 Å². The van der Waals surface area contributed by atoms with Gasteiger partial charge >= 0.3 is 0 Å². The van der Waals surface area contributed by atoms with E-state index in [1.54, 1.807) is 9.58 Å². The third kappa shape index (κ3) is 4.92. The molecule has 0 bridgehead atoms. The van der Waals surface area contributed by atoms with Crippen LogP contribution in [0.25, 0.3) is 0 Å². The van der Waals surface area contributed by atoms with Crippen molar-refractivity contribution in [2.45, 2.75) is 57.3 Å². The summed E-state index contributed by atoms with van der Waals surface area (Å²) >= 11 is 1.30. The number of hydrogen-bond donors (Lipinski definition) is 0. The Balaban J connectivity index is 2.01. The first kappa shape index (κ1) is 19.2. The number of sulfone groups is 1. The lowest BCUT2D eigenvalue weighted by molar-refractivity contribution is -0.130. The number of carbonyl (C=O) groups excluding carboxylic acids is 1. The molecule has 1 amide bonds. The Labute approximate surface area is 147 Å². The first-order chi connectivity index (χ1) is 11.3. The van der Waals surface area contributed by atoms with Gasteiger partial charge in [0.2, 0.25) is 11.1 Å². The van der Waals surface area contributed by atoms with Crippen molar-refractivity contribution in [3.8, 4) is 0 Å². The molecule has 8 nitrogen and oxygen atoms in total. The molecule has 0 aliphatic carbocycles. The SMILES string of the molecule is CCCCN(C(=O)CSc1nnnn1C(C)C)C1CCS(=O)(=O)C1. The van der Waals surface area contributed by atoms with Crippen LogP contribution in [0, 0.1) is 0 Å². The van der Waals surface area contributed by atoms with Crippen LogP contribution in [0.5, 0.6) is 0 Å². The number of rotatable bonds is 8. The topological polar surface area (TPSA) is 98.1 Å². The molecule has 0 N–H and O–H groups in total. The van der Waals surface area contributed by atoms with Crippen LogP contribution in [0.1, 0.15) is 46.1 Å². The average Bonchev–Trinajstić information content (AvgIpc) is 3.12. The lowest BCUT2D eigenvalue weighted by atomic mass is 10.2. The Morgan fingerprint density at radius 2 is 2.21 bits per heavy atom. The van der Waals surface area contributed by atoms with Crippen molar-refractivity contribution in [2.75, 3.05) is 23.8 Å². The van der Waals surface area contributed by atoms with E-state index in [0.717, 1.165) is 12.8 Å². The highest BCUT2D eigenvalue weighted by molar-refractivity contribution is 7.99. The molecule has 1 unspecified atom stereocenters. The van der Waals surface area contributed by atoms with Crippen molar-refractivity contribution >= 4 is 27.5 Å². The molecule has 0 aromatic carbocycles. The maximum atomic E-state index is 12.7. The van der Waals surface area contributed by atoms with Crippen LogP contribution >= 0.6 is 11.8 Å². The van der Waals surface area contributed by atoms with Crippen LogP contribution in [0.3, 0.4) is 0 Å². The van der Waals surface area contributed by atoms with E-state index >= 15 is 0 Å². The minimum atomic E-state index is -3.01. The second kappa shape index (κ2) is 8.28. The fourth-order valence-electron chi connectivity index (χ4n) is 2.67. The third-order valence-electron chi connectivity index (χ3n) is 4.00. The van der Waals surface area contributed by atoms with Crippen LogP contribution < -0.4 is 0 Å². The van der Waals surface area contributed by atoms with Gasteiger partial charge in [0.1, 0.15) is 0 Å². The fraction of sp³-hybridized carbons (Fsp3) is 0.857. The molecule has 2 rings (SSSR count). The van der Waals surface area contributed by atoms with Crippen LogP contribution in [-0.4, -0.2) is 69.3 Å². The third-order valence-corrected chi connectivity index (χ3v) is 6.67. The molecule has 2 heterocycles. The predicted octanol–water partition coefficient (Wildman–Crippen LogP) is 1.16. The molecule has 0 spiro atoms. The van der Waals surface area contributed by atoms with Gasteiger partial charge in [0.05, 0.1) is 23.3 Å². The normalized spacial score (nSPS) is 19.8. The highest BCUT2D eigenvalue weighted by Gasteiger charge is 2.34. The van der Waals surface area contributed by atoms with Gasteiger partial charge < -0.3 is 4.90 Å². The maximum absolute atomic E-state index is 12.7. The molecule has 1 aliphatic heterocycles. The Morgan fingerprint density at radius 1 is 1.46 bits per heavy atom. The number of tetrazole rings is 1. The zero-order valence-electron chi connectivity index (χ0n) is 14.4. The number of unbranched alkanes of at least 4 members (excludes halogenated alkanes) is 1. The second-order valence-corrected chi connectivity index (χ2v) is 9.46. The second-order valence-electron chi connectivity index (χ2n) is 6.29. The smallest absolute Gasteiger partial charge is 0.233 e. The molecule has 1 fully saturated rings. The van der Waals surface area contributed by atoms with Crippen molar-refractivity contribution in [2.24, 2.45) is 0 Å². The number of thioether (sulfide) groups is 1. The average molecular weight is 376 g/mol. The summed E-state index contributed by atoms with van der Waals surface area (Å²) in [6.07, 6.45) is 2.37. The highest BCUT2D eigenvalue weighted by atomic mass is 32.2. The van der Waals surface area contributed by atoms with Crippen molar-refractivity contribution in [1.82, 2.24) is 25.1 Å². The van der Waals surface area contributed by atoms with Crippen molar-refractivity contribution in [1.29, 1.82) is 0 Å². The molecule has 1 aromatic rings. The van der Waals surface area contributed by atoms with Crippen LogP contribution in [0.4, 0.5) is 0 Å². The van der Waals surface area contributed by atoms with Crippen LogP contribution in [0.15, 0.2) is 5.16 Å². The van der Waals surface area contributed by atoms with Gasteiger partial charge in [-0.05, 0) is 37.1 Å². The Morgan fingerprint density at radius 3 is 2.79 bits per heavy atom. The Hall–Kier alpha value is -1.16. The number of amides is 1. The summed E-state index contributed by atoms with van der Waals surface area (Å²) in [4.78, 5) is 14.4. The van der Waals surface area contributed by atoms with Crippen molar-refractivity contribution in [3.63, 3.8) is 0 Å². The van der Waals surface area contributed by atoms with Gasteiger partial charge in [-0.2, -0.15) is 0 Å². The minimum absolute atomic E-state index is 0.0474. The zero-order valence-corrected chi connectivity index (χ0v) is 16.0. The number of nitrogens with zero attached hydrogens (tertiary/aromatic N) is 5. The molecule has 1 aliphatic rings. The quantitative estimate of drug-likeness (QED) is 0.629. The van der Waals surface area contributed by atoms with E-state index in [1.807, 2.05) is 13.8 Å². The van der Waals surface area contributed by atoms with Crippen molar-refractivity contribution in [3.05, 3.63) is 0 Å². The van der Waals surface area contributed by atoms with Gasteiger partial charge in [-0.15, -0.1) is 5.10 Å². The standard InChI is InChI=1S/C14H25N5O3S2/c1-4-5-7-18(12-6-8-24(21,22)10-12)13(20)9-23-14-15-16-17-19(14)11(2)3/h11-12H,4-10H2,1-3H3. The van der Waals surface area contributed by atoms with E-state index in [9.17, 15) is 13.2 Å². The largest absolute Gasteiger partial charge is 0.338 e. The van der Waals surface area contributed by atoms with Gasteiger partial charge in [-0.1, -0.05) is 25.1 Å². The molecule has 1 aromatic heterocycles. The molecule has 10 heteroatoms. The Bertz CT molecular complexity index is 659. The highest BCUT2D eigenvalue weighted by Crippen LogP contribution is 2.22.